The number of nitrogens with one attached hydrogen (secondary N) is 1. The number of fused-ring (bicyclic) bond motifs is 1. The molecule has 0 radical (unpaired) electrons. The van der Waals surface area contributed by atoms with E-state index in [4.69, 9.17) is 0 Å². The second-order valence-electron chi connectivity index (χ2n) is 7.92. The smallest absolute Gasteiger partial charge is 0.253 e. The summed E-state index contributed by atoms with van der Waals surface area (Å²) in [6.45, 7) is 0.969. The summed E-state index contributed by atoms with van der Waals surface area (Å²) in [7, 11) is 3.49. The monoisotopic (exact) mass is 401 g/mol. The topological polar surface area (TPSA) is 80.4 Å². The lowest BCUT2D eigenvalue weighted by Crippen LogP contribution is -2.21. The zero-order valence-corrected chi connectivity index (χ0v) is 17.0. The zero-order chi connectivity index (χ0) is 20.7. The third kappa shape index (κ3) is 3.63. The third-order valence-electron chi connectivity index (χ3n) is 5.24. The van der Waals surface area contributed by atoms with E-state index >= 15 is 0 Å². The van der Waals surface area contributed by atoms with Gasteiger partial charge in [0.25, 0.3) is 5.91 Å². The highest BCUT2D eigenvalue weighted by atomic mass is 16.2. The van der Waals surface area contributed by atoms with Gasteiger partial charge in [-0.15, -0.1) is 5.10 Å². The maximum absolute atomic E-state index is 12.1. The minimum absolute atomic E-state index is 0.0176. The normalized spacial score (nSPS) is 13.5. The first-order chi connectivity index (χ1) is 14.6. The second kappa shape index (κ2) is 7.29. The van der Waals surface area contributed by atoms with Crippen molar-refractivity contribution in [3.8, 4) is 11.1 Å². The van der Waals surface area contributed by atoms with Gasteiger partial charge in [0.2, 0.25) is 5.95 Å². The van der Waals surface area contributed by atoms with Gasteiger partial charge in [0.05, 0.1) is 11.9 Å². The van der Waals surface area contributed by atoms with Crippen LogP contribution >= 0.6 is 0 Å². The Morgan fingerprint density at radius 3 is 2.73 bits per heavy atom. The van der Waals surface area contributed by atoms with E-state index in [-0.39, 0.29) is 5.91 Å². The molecular weight excluding hydrogens is 378 g/mol. The number of hydrogen-bond acceptors (Lipinski definition) is 5. The summed E-state index contributed by atoms with van der Waals surface area (Å²) in [5.41, 5.74) is 4.21. The molecule has 0 bridgehead atoms. The van der Waals surface area contributed by atoms with E-state index in [1.807, 2.05) is 53.5 Å². The molecule has 4 aromatic rings. The molecule has 152 valence electrons. The van der Waals surface area contributed by atoms with Crippen LogP contribution < -0.4 is 5.32 Å². The molecule has 30 heavy (non-hydrogen) atoms. The lowest BCUT2D eigenvalue weighted by molar-refractivity contribution is 0.0827. The molecule has 1 fully saturated rings. The Kier molecular flexibility index (Phi) is 4.46. The Labute approximate surface area is 174 Å². The molecule has 0 atom stereocenters. The van der Waals surface area contributed by atoms with Crippen LogP contribution in [0.5, 0.6) is 0 Å². The molecule has 1 aliphatic carbocycles. The molecule has 0 spiro atoms. The molecule has 1 N–H and O–H groups in total. The summed E-state index contributed by atoms with van der Waals surface area (Å²) >= 11 is 0. The Hall–Kier alpha value is -3.68. The summed E-state index contributed by atoms with van der Waals surface area (Å²) in [5, 5.41) is 12.2. The number of hydrogen-bond donors (Lipinski definition) is 1. The minimum Gasteiger partial charge on any atom is -0.345 e. The van der Waals surface area contributed by atoms with E-state index in [2.05, 4.69) is 20.5 Å². The van der Waals surface area contributed by atoms with Crippen molar-refractivity contribution in [2.75, 3.05) is 19.4 Å². The highest BCUT2D eigenvalue weighted by Crippen LogP contribution is 2.30. The Morgan fingerprint density at radius 2 is 2.00 bits per heavy atom. The number of carbonyl (C=O) groups is 1. The fourth-order valence-electron chi connectivity index (χ4n) is 3.46. The van der Waals surface area contributed by atoms with E-state index in [1.165, 1.54) is 12.8 Å². The lowest BCUT2D eigenvalue weighted by Gasteiger charge is -2.10. The van der Waals surface area contributed by atoms with Crippen LogP contribution in [-0.4, -0.2) is 49.3 Å². The van der Waals surface area contributed by atoms with Crippen molar-refractivity contribution in [1.82, 2.24) is 29.3 Å². The molecule has 3 aromatic heterocycles. The van der Waals surface area contributed by atoms with Crippen LogP contribution in [-0.2, 0) is 6.54 Å². The standard InChI is InChI=1S/C22H23N7O/c1-27(2)21(30)17-9-7-16(8-10-17)19-4-3-11-29-20(19)25-22(26-29)24-18-12-23-28(14-18)13-15-5-6-15/h3-4,7-12,14-15H,5-6,13H2,1-2H3,(H,24,26). The van der Waals surface area contributed by atoms with E-state index in [0.717, 1.165) is 34.9 Å². The van der Waals surface area contributed by atoms with Gasteiger partial charge in [0.15, 0.2) is 5.65 Å². The van der Waals surface area contributed by atoms with Crippen molar-refractivity contribution < 1.29 is 4.79 Å². The number of benzene rings is 1. The Balaban J connectivity index is 1.41. The molecule has 8 heteroatoms. The van der Waals surface area contributed by atoms with Gasteiger partial charge in [0.1, 0.15) is 0 Å². The number of aromatic nitrogens is 5. The van der Waals surface area contributed by atoms with Crippen molar-refractivity contribution in [1.29, 1.82) is 0 Å². The fourth-order valence-corrected chi connectivity index (χ4v) is 3.46. The molecule has 0 saturated heterocycles. The van der Waals surface area contributed by atoms with E-state index in [0.29, 0.717) is 11.5 Å². The van der Waals surface area contributed by atoms with Crippen LogP contribution in [0.4, 0.5) is 11.6 Å². The van der Waals surface area contributed by atoms with Crippen molar-refractivity contribution in [3.63, 3.8) is 0 Å². The van der Waals surface area contributed by atoms with Gasteiger partial charge in [-0.05, 0) is 48.6 Å². The van der Waals surface area contributed by atoms with Crippen LogP contribution in [0.3, 0.4) is 0 Å². The summed E-state index contributed by atoms with van der Waals surface area (Å²) in [6.07, 6.45) is 8.26. The average molecular weight is 401 g/mol. The maximum atomic E-state index is 12.1. The SMILES string of the molecule is CN(C)C(=O)c1ccc(-c2cccn3nc(Nc4cnn(CC5CC5)c4)nc23)cc1. The second-order valence-corrected chi connectivity index (χ2v) is 7.92. The number of carbonyl (C=O) groups excluding carboxylic acids is 1. The van der Waals surface area contributed by atoms with Gasteiger partial charge < -0.3 is 10.2 Å². The highest BCUT2D eigenvalue weighted by molar-refractivity contribution is 5.94. The Morgan fingerprint density at radius 1 is 1.20 bits per heavy atom. The van der Waals surface area contributed by atoms with Crippen LogP contribution in [0, 0.1) is 5.92 Å². The summed E-state index contributed by atoms with van der Waals surface area (Å²) in [6, 6.07) is 11.5. The minimum atomic E-state index is -0.0176. The first-order valence-electron chi connectivity index (χ1n) is 10.0. The van der Waals surface area contributed by atoms with Gasteiger partial charge in [-0.2, -0.15) is 10.1 Å². The number of nitrogens with zero attached hydrogens (tertiary/aromatic N) is 6. The molecule has 0 unspecified atom stereocenters. The quantitative estimate of drug-likeness (QED) is 0.535. The third-order valence-corrected chi connectivity index (χ3v) is 5.24. The predicted octanol–water partition coefficient (Wildman–Crippen LogP) is 3.45. The molecule has 1 aromatic carbocycles. The highest BCUT2D eigenvalue weighted by Gasteiger charge is 2.22. The van der Waals surface area contributed by atoms with E-state index < -0.39 is 0 Å². The first kappa shape index (κ1) is 18.4. The van der Waals surface area contributed by atoms with Crippen molar-refractivity contribution >= 4 is 23.2 Å². The first-order valence-corrected chi connectivity index (χ1v) is 10.0. The van der Waals surface area contributed by atoms with Crippen molar-refractivity contribution in [2.45, 2.75) is 19.4 Å². The molecular formula is C22H23N7O. The average Bonchev–Trinajstić information content (AvgIpc) is 3.29. The van der Waals surface area contributed by atoms with Gasteiger partial charge >= 0.3 is 0 Å². The number of pyridine rings is 1. The maximum Gasteiger partial charge on any atom is 0.253 e. The van der Waals surface area contributed by atoms with Crippen LogP contribution in [0.15, 0.2) is 55.0 Å². The van der Waals surface area contributed by atoms with Crippen LogP contribution in [0.2, 0.25) is 0 Å². The molecule has 3 heterocycles. The van der Waals surface area contributed by atoms with Gasteiger partial charge in [0, 0.05) is 44.2 Å². The summed E-state index contributed by atoms with van der Waals surface area (Å²) in [4.78, 5) is 18.4. The van der Waals surface area contributed by atoms with Crippen LogP contribution in [0.1, 0.15) is 23.2 Å². The molecule has 1 saturated carbocycles. The summed E-state index contributed by atoms with van der Waals surface area (Å²) in [5.74, 6) is 1.27. The molecule has 1 aliphatic rings. The van der Waals surface area contributed by atoms with Crippen molar-refractivity contribution in [3.05, 3.63) is 60.6 Å². The van der Waals surface area contributed by atoms with Crippen molar-refractivity contribution in [2.24, 2.45) is 5.92 Å². The van der Waals surface area contributed by atoms with Crippen LogP contribution in [0.25, 0.3) is 16.8 Å². The molecule has 1 amide bonds. The summed E-state index contributed by atoms with van der Waals surface area (Å²) < 4.78 is 3.73. The molecule has 5 rings (SSSR count). The Bertz CT molecular complexity index is 1200. The zero-order valence-electron chi connectivity index (χ0n) is 17.0. The van der Waals surface area contributed by atoms with E-state index in [9.17, 15) is 4.79 Å². The predicted molar refractivity (Wildman–Crippen MR) is 115 cm³/mol. The van der Waals surface area contributed by atoms with E-state index in [1.54, 1.807) is 29.7 Å². The van der Waals surface area contributed by atoms with Gasteiger partial charge in [-0.25, -0.2) is 4.52 Å². The number of rotatable bonds is 6. The number of anilines is 2. The number of amides is 1. The molecule has 0 aliphatic heterocycles. The van der Waals surface area contributed by atoms with Gasteiger partial charge in [-0.3, -0.25) is 9.48 Å². The lowest BCUT2D eigenvalue weighted by atomic mass is 10.0. The largest absolute Gasteiger partial charge is 0.345 e. The van der Waals surface area contributed by atoms with Gasteiger partial charge in [-0.1, -0.05) is 12.1 Å². The fraction of sp³-hybridized carbons (Fsp3) is 0.273. The molecule has 8 nitrogen and oxygen atoms in total.